The first-order valence-corrected chi connectivity index (χ1v) is 10.8. The normalized spacial score (nSPS) is 11.7. The van der Waals surface area contributed by atoms with Crippen LogP contribution in [0.5, 0.6) is 0 Å². The monoisotopic (exact) mass is 394 g/mol. The Morgan fingerprint density at radius 2 is 0.903 bits per heavy atom. The Morgan fingerprint density at radius 3 is 1.55 bits per heavy atom. The van der Waals surface area contributed by atoms with Crippen molar-refractivity contribution in [2.24, 2.45) is 0 Å². The molecule has 31 heavy (non-hydrogen) atoms. The van der Waals surface area contributed by atoms with Gasteiger partial charge < -0.3 is 0 Å². The molecule has 0 spiro atoms. The van der Waals surface area contributed by atoms with Gasteiger partial charge >= 0.3 is 0 Å². The van der Waals surface area contributed by atoms with E-state index in [0.717, 1.165) is 6.42 Å². The summed E-state index contributed by atoms with van der Waals surface area (Å²) in [7, 11) is 0. The maximum atomic E-state index is 2.27. The summed E-state index contributed by atoms with van der Waals surface area (Å²) in [5.74, 6) is 0. The first kappa shape index (κ1) is 17.9. The third-order valence-corrected chi connectivity index (χ3v) is 6.33. The number of hydrogen-bond acceptors (Lipinski definition) is 0. The lowest BCUT2D eigenvalue weighted by molar-refractivity contribution is 1.28. The molecule has 0 atom stereocenters. The smallest absolute Gasteiger partial charge is 0.000729 e. The van der Waals surface area contributed by atoms with Gasteiger partial charge in [0.25, 0.3) is 0 Å². The summed E-state index contributed by atoms with van der Waals surface area (Å²) in [4.78, 5) is 0. The molecule has 146 valence electrons. The van der Waals surface area contributed by atoms with Crippen LogP contribution in [0.15, 0.2) is 121 Å². The molecule has 0 aliphatic heterocycles. The molecule has 1 aliphatic carbocycles. The van der Waals surface area contributed by atoms with Crippen LogP contribution in [-0.4, -0.2) is 0 Å². The van der Waals surface area contributed by atoms with Crippen molar-refractivity contribution in [2.45, 2.75) is 6.42 Å². The molecule has 0 aromatic heterocycles. The van der Waals surface area contributed by atoms with E-state index in [1.165, 1.54) is 54.6 Å². The molecule has 0 amide bonds. The molecule has 6 aromatic carbocycles. The van der Waals surface area contributed by atoms with E-state index in [9.17, 15) is 0 Å². The third kappa shape index (κ3) is 3.17. The molecule has 7 rings (SSSR count). The maximum Gasteiger partial charge on any atom is -0.000729 e. The van der Waals surface area contributed by atoms with Gasteiger partial charge in [-0.1, -0.05) is 109 Å². The Morgan fingerprint density at radius 1 is 0.387 bits per heavy atom. The lowest BCUT2D eigenvalue weighted by Gasteiger charge is -2.05. The second-order valence-electron chi connectivity index (χ2n) is 8.19. The van der Waals surface area contributed by atoms with Crippen molar-refractivity contribution < 1.29 is 0 Å². The van der Waals surface area contributed by atoms with Gasteiger partial charge in [-0.2, -0.15) is 0 Å². The molecular weight excluding hydrogens is 372 g/mol. The second kappa shape index (κ2) is 7.41. The van der Waals surface area contributed by atoms with Gasteiger partial charge in [-0.05, 0) is 73.1 Å². The average Bonchev–Trinajstić information content (AvgIpc) is 3.22. The van der Waals surface area contributed by atoms with Crippen molar-refractivity contribution in [3.8, 4) is 11.1 Å². The van der Waals surface area contributed by atoms with E-state index < -0.39 is 0 Å². The summed E-state index contributed by atoms with van der Waals surface area (Å²) in [6, 6.07) is 43.3. The Bertz CT molecular complexity index is 1450. The van der Waals surface area contributed by atoms with E-state index in [1.807, 2.05) is 0 Å². The molecule has 0 saturated heterocycles. The van der Waals surface area contributed by atoms with Gasteiger partial charge in [0, 0.05) is 0 Å². The highest BCUT2D eigenvalue weighted by atomic mass is 14.2. The fourth-order valence-corrected chi connectivity index (χ4v) is 4.79. The van der Waals surface area contributed by atoms with Crippen LogP contribution >= 0.6 is 0 Å². The highest BCUT2D eigenvalue weighted by molar-refractivity contribution is 5.98. The standard InChI is InChI=1S/C17H12.C14H10/c1-3-7-14-12(5-1)9-10-16-15-8-4-2-6-13(15)11-17(14)16;1-2-6-12-10-14-8-4-3-7-13(14)9-11(12)5-1/h1-10H,11H2;1-10H. The van der Waals surface area contributed by atoms with E-state index >= 15 is 0 Å². The zero-order chi connectivity index (χ0) is 20.6. The largest absolute Gasteiger partial charge is 0.0619 e. The van der Waals surface area contributed by atoms with Gasteiger partial charge in [0.15, 0.2) is 0 Å². The zero-order valence-electron chi connectivity index (χ0n) is 17.3. The Balaban J connectivity index is 0.000000122. The molecular formula is C31H22. The summed E-state index contributed by atoms with van der Waals surface area (Å²) in [6.07, 6.45) is 1.08. The molecule has 0 bridgehead atoms. The van der Waals surface area contributed by atoms with Crippen LogP contribution in [0.1, 0.15) is 11.1 Å². The Kier molecular flexibility index (Phi) is 4.28. The molecule has 6 aromatic rings. The van der Waals surface area contributed by atoms with Crippen LogP contribution in [0.3, 0.4) is 0 Å². The van der Waals surface area contributed by atoms with Crippen molar-refractivity contribution in [1.82, 2.24) is 0 Å². The summed E-state index contributed by atoms with van der Waals surface area (Å²) in [6.45, 7) is 0. The van der Waals surface area contributed by atoms with E-state index in [1.54, 1.807) is 0 Å². The van der Waals surface area contributed by atoms with Crippen LogP contribution in [0.2, 0.25) is 0 Å². The zero-order valence-corrected chi connectivity index (χ0v) is 17.3. The molecule has 0 fully saturated rings. The van der Waals surface area contributed by atoms with Crippen molar-refractivity contribution >= 4 is 32.3 Å². The minimum atomic E-state index is 1.08. The maximum absolute atomic E-state index is 2.27. The average molecular weight is 395 g/mol. The summed E-state index contributed by atoms with van der Waals surface area (Å²) in [5.41, 5.74) is 5.77. The van der Waals surface area contributed by atoms with Crippen molar-refractivity contribution in [3.05, 3.63) is 132 Å². The lowest BCUT2D eigenvalue weighted by atomic mass is 9.99. The third-order valence-electron chi connectivity index (χ3n) is 6.33. The van der Waals surface area contributed by atoms with Crippen LogP contribution < -0.4 is 0 Å². The highest BCUT2D eigenvalue weighted by Crippen LogP contribution is 2.39. The van der Waals surface area contributed by atoms with Crippen LogP contribution in [0.25, 0.3) is 43.4 Å². The van der Waals surface area contributed by atoms with E-state index in [0.29, 0.717) is 0 Å². The van der Waals surface area contributed by atoms with Crippen molar-refractivity contribution in [1.29, 1.82) is 0 Å². The molecule has 1 aliphatic rings. The SMILES string of the molecule is c1ccc2c(c1)Cc1c-2ccc2ccccc12.c1ccc2cc3ccccc3cc2c1. The molecule has 0 radical (unpaired) electrons. The minimum absolute atomic E-state index is 1.08. The van der Waals surface area contributed by atoms with Gasteiger partial charge in [-0.3, -0.25) is 0 Å². The van der Waals surface area contributed by atoms with Crippen LogP contribution in [0.4, 0.5) is 0 Å². The molecule has 0 nitrogen and oxygen atoms in total. The Hall–Kier alpha value is -3.90. The lowest BCUT2D eigenvalue weighted by Crippen LogP contribution is -1.83. The van der Waals surface area contributed by atoms with Crippen LogP contribution in [-0.2, 0) is 6.42 Å². The molecule has 0 N–H and O–H groups in total. The number of hydrogen-bond donors (Lipinski definition) is 0. The van der Waals surface area contributed by atoms with E-state index in [-0.39, 0.29) is 0 Å². The highest BCUT2D eigenvalue weighted by Gasteiger charge is 2.19. The predicted molar refractivity (Wildman–Crippen MR) is 134 cm³/mol. The molecule has 0 saturated carbocycles. The van der Waals surface area contributed by atoms with Gasteiger partial charge in [0.2, 0.25) is 0 Å². The summed E-state index contributed by atoms with van der Waals surface area (Å²) >= 11 is 0. The van der Waals surface area contributed by atoms with Gasteiger partial charge in [-0.25, -0.2) is 0 Å². The quantitative estimate of drug-likeness (QED) is 0.227. The fraction of sp³-hybridized carbons (Fsp3) is 0.0323. The number of rotatable bonds is 0. The number of fused-ring (bicyclic) bond motifs is 7. The van der Waals surface area contributed by atoms with Crippen molar-refractivity contribution in [2.75, 3.05) is 0 Å². The molecule has 0 heteroatoms. The second-order valence-corrected chi connectivity index (χ2v) is 8.19. The minimum Gasteiger partial charge on any atom is -0.0619 e. The predicted octanol–water partition coefficient (Wildman–Crippen LogP) is 8.40. The Labute approximate surface area is 182 Å². The van der Waals surface area contributed by atoms with E-state index in [4.69, 9.17) is 0 Å². The van der Waals surface area contributed by atoms with Gasteiger partial charge in [-0.15, -0.1) is 0 Å². The first-order chi connectivity index (χ1) is 15.4. The molecule has 0 unspecified atom stereocenters. The van der Waals surface area contributed by atoms with Crippen LogP contribution in [0, 0.1) is 0 Å². The number of benzene rings is 6. The van der Waals surface area contributed by atoms with Gasteiger partial charge in [0.05, 0.1) is 0 Å². The summed E-state index contributed by atoms with van der Waals surface area (Å²) in [5, 5.41) is 8.00. The summed E-state index contributed by atoms with van der Waals surface area (Å²) < 4.78 is 0. The van der Waals surface area contributed by atoms with Crippen molar-refractivity contribution in [3.63, 3.8) is 0 Å². The molecule has 0 heterocycles. The van der Waals surface area contributed by atoms with Gasteiger partial charge in [0.1, 0.15) is 0 Å². The first-order valence-electron chi connectivity index (χ1n) is 10.8. The topological polar surface area (TPSA) is 0 Å². The fourth-order valence-electron chi connectivity index (χ4n) is 4.79. The van der Waals surface area contributed by atoms with E-state index in [2.05, 4.69) is 121 Å².